The number of pyridine rings is 1. The molecule has 0 amide bonds. The van der Waals surface area contributed by atoms with E-state index in [9.17, 15) is 0 Å². The Balaban J connectivity index is 2.47. The number of nitrogens with one attached hydrogen (secondary N) is 1. The summed E-state index contributed by atoms with van der Waals surface area (Å²) in [6.45, 7) is 4.68. The van der Waals surface area contributed by atoms with Gasteiger partial charge in [0.15, 0.2) is 0 Å². The van der Waals surface area contributed by atoms with E-state index in [-0.39, 0.29) is 0 Å². The summed E-state index contributed by atoms with van der Waals surface area (Å²) in [4.78, 5) is 4.06. The lowest BCUT2D eigenvalue weighted by Gasteiger charge is -2.10. The molecule has 0 aliphatic carbocycles. The zero-order valence-corrected chi connectivity index (χ0v) is 8.04. The topological polar surface area (TPSA) is 24.9 Å². The summed E-state index contributed by atoms with van der Waals surface area (Å²) >= 11 is 0. The highest BCUT2D eigenvalue weighted by atomic mass is 14.9. The van der Waals surface area contributed by atoms with E-state index >= 15 is 0 Å². The summed E-state index contributed by atoms with van der Waals surface area (Å²) < 4.78 is 0. The molecule has 0 bridgehead atoms. The second kappa shape index (κ2) is 5.34. The molecule has 1 heterocycles. The van der Waals surface area contributed by atoms with Crippen molar-refractivity contribution in [3.05, 3.63) is 30.1 Å². The fraction of sp³-hybridized carbons (Fsp3) is 0.364. The second-order valence-electron chi connectivity index (χ2n) is 2.82. The third kappa shape index (κ3) is 3.27. The number of hydrogen-bond acceptors (Lipinski definition) is 2. The Kier molecular flexibility index (Phi) is 4.01. The molecule has 1 aromatic heterocycles. The first kappa shape index (κ1) is 9.76. The third-order valence-electron chi connectivity index (χ3n) is 1.86. The molecule has 0 radical (unpaired) electrons. The molecule has 0 saturated heterocycles. The summed E-state index contributed by atoms with van der Waals surface area (Å²) in [5.74, 6) is 5.81. The molecule has 0 aliphatic heterocycles. The lowest BCUT2D eigenvalue weighted by atomic mass is 10.1. The minimum absolute atomic E-state index is 0.314. The predicted molar refractivity (Wildman–Crippen MR) is 54.1 cm³/mol. The van der Waals surface area contributed by atoms with Crippen molar-refractivity contribution in [1.82, 2.24) is 10.3 Å². The maximum absolute atomic E-state index is 4.06. The van der Waals surface area contributed by atoms with Crippen molar-refractivity contribution < 1.29 is 0 Å². The smallest absolute Gasteiger partial charge is 0.0581 e. The van der Waals surface area contributed by atoms with Gasteiger partial charge in [0.05, 0.1) is 6.54 Å². The highest BCUT2D eigenvalue weighted by molar-refractivity contribution is 5.13. The van der Waals surface area contributed by atoms with Crippen LogP contribution < -0.4 is 5.32 Å². The Morgan fingerprint density at radius 2 is 2.46 bits per heavy atom. The SMILES string of the molecule is CC#CCN[C@@H](C)c1cccnc1. The average Bonchev–Trinajstić information content (AvgIpc) is 2.19. The van der Waals surface area contributed by atoms with Gasteiger partial charge in [-0.15, -0.1) is 5.92 Å². The second-order valence-corrected chi connectivity index (χ2v) is 2.82. The number of hydrogen-bond donors (Lipinski definition) is 1. The predicted octanol–water partition coefficient (Wildman–Crippen LogP) is 1.76. The van der Waals surface area contributed by atoms with Gasteiger partial charge in [0.25, 0.3) is 0 Å². The van der Waals surface area contributed by atoms with Gasteiger partial charge in [-0.2, -0.15) is 0 Å². The number of nitrogens with zero attached hydrogens (tertiary/aromatic N) is 1. The van der Waals surface area contributed by atoms with Gasteiger partial charge in [-0.1, -0.05) is 12.0 Å². The fourth-order valence-corrected chi connectivity index (χ4v) is 1.04. The summed E-state index contributed by atoms with van der Waals surface area (Å²) in [5, 5.41) is 3.29. The van der Waals surface area contributed by atoms with Gasteiger partial charge in [-0.25, -0.2) is 0 Å². The highest BCUT2D eigenvalue weighted by Crippen LogP contribution is 2.08. The third-order valence-corrected chi connectivity index (χ3v) is 1.86. The summed E-state index contributed by atoms with van der Waals surface area (Å²) in [6, 6.07) is 4.32. The minimum Gasteiger partial charge on any atom is -0.300 e. The molecule has 1 rings (SSSR count). The van der Waals surface area contributed by atoms with Crippen molar-refractivity contribution in [3.63, 3.8) is 0 Å². The standard InChI is InChI=1S/C11H14N2/c1-3-4-8-13-10(2)11-6-5-7-12-9-11/h5-7,9-10,13H,8H2,1-2H3/t10-/m0/s1. The molecule has 1 N–H and O–H groups in total. The van der Waals surface area contributed by atoms with E-state index < -0.39 is 0 Å². The van der Waals surface area contributed by atoms with Gasteiger partial charge in [-0.3, -0.25) is 10.3 Å². The summed E-state index contributed by atoms with van der Waals surface area (Å²) in [5.41, 5.74) is 1.19. The molecule has 2 nitrogen and oxygen atoms in total. The van der Waals surface area contributed by atoms with Crippen LogP contribution in [0.25, 0.3) is 0 Å². The van der Waals surface area contributed by atoms with E-state index in [1.807, 2.05) is 19.2 Å². The molecule has 0 spiro atoms. The minimum atomic E-state index is 0.314. The van der Waals surface area contributed by atoms with Crippen LogP contribution in [0.5, 0.6) is 0 Å². The normalized spacial score (nSPS) is 11.5. The van der Waals surface area contributed by atoms with E-state index in [0.29, 0.717) is 6.04 Å². The van der Waals surface area contributed by atoms with Gasteiger partial charge in [-0.05, 0) is 25.5 Å². The monoisotopic (exact) mass is 174 g/mol. The van der Waals surface area contributed by atoms with Crippen molar-refractivity contribution in [2.45, 2.75) is 19.9 Å². The van der Waals surface area contributed by atoms with E-state index in [1.165, 1.54) is 5.56 Å². The van der Waals surface area contributed by atoms with Crippen LogP contribution in [-0.2, 0) is 0 Å². The fourth-order valence-electron chi connectivity index (χ4n) is 1.04. The molecule has 0 aliphatic rings. The Morgan fingerprint density at radius 1 is 1.62 bits per heavy atom. The Morgan fingerprint density at radius 3 is 3.08 bits per heavy atom. The average molecular weight is 174 g/mol. The Hall–Kier alpha value is -1.33. The quantitative estimate of drug-likeness (QED) is 0.706. The van der Waals surface area contributed by atoms with Crippen LogP contribution in [-0.4, -0.2) is 11.5 Å². The van der Waals surface area contributed by atoms with E-state index in [2.05, 4.69) is 35.1 Å². The lowest BCUT2D eigenvalue weighted by molar-refractivity contribution is 0.621. The van der Waals surface area contributed by atoms with Crippen molar-refractivity contribution in [3.8, 4) is 11.8 Å². The van der Waals surface area contributed by atoms with E-state index in [1.54, 1.807) is 6.20 Å². The van der Waals surface area contributed by atoms with E-state index in [0.717, 1.165) is 6.54 Å². The van der Waals surface area contributed by atoms with Crippen molar-refractivity contribution >= 4 is 0 Å². The van der Waals surface area contributed by atoms with Gasteiger partial charge in [0, 0.05) is 18.4 Å². The van der Waals surface area contributed by atoms with Gasteiger partial charge in [0.1, 0.15) is 0 Å². The van der Waals surface area contributed by atoms with Gasteiger partial charge in [0.2, 0.25) is 0 Å². The molecule has 1 atom stereocenters. The molecule has 0 saturated carbocycles. The molecule has 68 valence electrons. The molecule has 0 aromatic carbocycles. The van der Waals surface area contributed by atoms with Crippen molar-refractivity contribution in [2.75, 3.05) is 6.54 Å². The zero-order valence-electron chi connectivity index (χ0n) is 8.04. The molecule has 0 unspecified atom stereocenters. The van der Waals surface area contributed by atoms with Crippen molar-refractivity contribution in [1.29, 1.82) is 0 Å². The first-order valence-electron chi connectivity index (χ1n) is 4.37. The number of rotatable bonds is 3. The van der Waals surface area contributed by atoms with Crippen molar-refractivity contribution in [2.24, 2.45) is 0 Å². The highest BCUT2D eigenvalue weighted by Gasteiger charge is 2.01. The maximum atomic E-state index is 4.06. The van der Waals surface area contributed by atoms with E-state index in [4.69, 9.17) is 0 Å². The molecule has 0 fully saturated rings. The van der Waals surface area contributed by atoms with Crippen LogP contribution in [0.1, 0.15) is 25.5 Å². The maximum Gasteiger partial charge on any atom is 0.0581 e. The summed E-state index contributed by atoms with van der Waals surface area (Å²) in [6.07, 6.45) is 3.65. The lowest BCUT2D eigenvalue weighted by Crippen LogP contribution is -2.18. The molecule has 1 aromatic rings. The summed E-state index contributed by atoms with van der Waals surface area (Å²) in [7, 11) is 0. The van der Waals surface area contributed by atoms with Crippen LogP contribution in [0.2, 0.25) is 0 Å². The molecule has 13 heavy (non-hydrogen) atoms. The zero-order chi connectivity index (χ0) is 9.52. The van der Waals surface area contributed by atoms with Crippen LogP contribution >= 0.6 is 0 Å². The van der Waals surface area contributed by atoms with Crippen LogP contribution in [0, 0.1) is 11.8 Å². The molecular formula is C11H14N2. The first-order valence-corrected chi connectivity index (χ1v) is 4.37. The first-order chi connectivity index (χ1) is 6.34. The van der Waals surface area contributed by atoms with Crippen LogP contribution in [0.4, 0.5) is 0 Å². The van der Waals surface area contributed by atoms with Crippen LogP contribution in [0.15, 0.2) is 24.5 Å². The van der Waals surface area contributed by atoms with Gasteiger partial charge < -0.3 is 0 Å². The Bertz CT molecular complexity index is 295. The number of aromatic nitrogens is 1. The Labute approximate surface area is 79.4 Å². The largest absolute Gasteiger partial charge is 0.300 e. The molecular weight excluding hydrogens is 160 g/mol. The molecule has 2 heteroatoms. The van der Waals surface area contributed by atoms with Crippen LogP contribution in [0.3, 0.4) is 0 Å². The van der Waals surface area contributed by atoms with Gasteiger partial charge >= 0.3 is 0 Å².